The van der Waals surface area contributed by atoms with Crippen LogP contribution in [0.1, 0.15) is 45.1 Å². The Kier molecular flexibility index (Phi) is 4.61. The zero-order chi connectivity index (χ0) is 19.2. The number of phenolic OH excluding ortho intramolecular Hbond substituents is 1. The van der Waals surface area contributed by atoms with Gasteiger partial charge in [-0.1, -0.05) is 13.8 Å². The number of carbonyl (C=O) groups is 1. The topological polar surface area (TPSA) is 82.3 Å². The number of ketones is 1. The fourth-order valence-corrected chi connectivity index (χ4v) is 4.29. The molecule has 1 heterocycles. The maximum atomic E-state index is 13.0. The van der Waals surface area contributed by atoms with Crippen LogP contribution in [0.3, 0.4) is 0 Å². The Balaban J connectivity index is 2.24. The van der Waals surface area contributed by atoms with E-state index < -0.39 is 5.92 Å². The molecule has 6 heteroatoms. The summed E-state index contributed by atoms with van der Waals surface area (Å²) in [6, 6.07) is 5.70. The molecule has 3 rings (SSSR count). The molecular formula is C20H21BrN2O3. The van der Waals surface area contributed by atoms with Crippen LogP contribution < -0.4 is 10.1 Å². The molecule has 136 valence electrons. The molecule has 0 saturated heterocycles. The fourth-order valence-electron chi connectivity index (χ4n) is 3.83. The van der Waals surface area contributed by atoms with Crippen molar-refractivity contribution < 1.29 is 14.6 Å². The van der Waals surface area contributed by atoms with Crippen molar-refractivity contribution in [2.45, 2.75) is 39.5 Å². The highest BCUT2D eigenvalue weighted by molar-refractivity contribution is 9.10. The number of allylic oxidation sites excluding steroid dienone is 4. The molecule has 0 saturated carbocycles. The van der Waals surface area contributed by atoms with Gasteiger partial charge in [0.25, 0.3) is 0 Å². The minimum absolute atomic E-state index is 0.00491. The number of Topliss-reactive ketones (excluding diaryl/α,β-unsaturated/α-hetero) is 1. The van der Waals surface area contributed by atoms with E-state index in [2.05, 4.69) is 41.2 Å². The predicted molar refractivity (Wildman–Crippen MR) is 102 cm³/mol. The number of nitriles is 1. The van der Waals surface area contributed by atoms with Crippen molar-refractivity contribution in [1.29, 1.82) is 5.26 Å². The highest BCUT2D eigenvalue weighted by Crippen LogP contribution is 2.48. The Hall–Kier alpha value is -2.26. The molecule has 1 aromatic carbocycles. The summed E-state index contributed by atoms with van der Waals surface area (Å²) >= 11 is 3.34. The van der Waals surface area contributed by atoms with Gasteiger partial charge in [-0.25, -0.2) is 0 Å². The Bertz CT molecular complexity index is 906. The smallest absolute Gasteiger partial charge is 0.172 e. The van der Waals surface area contributed by atoms with Gasteiger partial charge < -0.3 is 15.2 Å². The Morgan fingerprint density at radius 1 is 1.38 bits per heavy atom. The molecule has 0 unspecified atom stereocenters. The lowest BCUT2D eigenvalue weighted by Crippen LogP contribution is -2.36. The molecule has 0 spiro atoms. The summed E-state index contributed by atoms with van der Waals surface area (Å²) in [6.07, 6.45) is 1.19. The van der Waals surface area contributed by atoms with Crippen molar-refractivity contribution in [3.63, 3.8) is 0 Å². The standard InChI is InChI=1S/C20H21BrN2O3/c1-10-12(9-22)17(11-5-13(21)19(25)16(6-11)26-4)18-14(23-10)7-20(2,3)8-15(18)24/h5-6,17,23,25H,7-8H2,1-4H3/t17-/m0/s1. The van der Waals surface area contributed by atoms with E-state index >= 15 is 0 Å². The van der Waals surface area contributed by atoms with Crippen molar-refractivity contribution >= 4 is 21.7 Å². The van der Waals surface area contributed by atoms with E-state index in [4.69, 9.17) is 4.74 Å². The SMILES string of the molecule is COc1cc([C@H]2C(C#N)=C(C)NC3=C2C(=O)CC(C)(C)C3)cc(Br)c1O. The van der Waals surface area contributed by atoms with E-state index in [0.717, 1.165) is 23.4 Å². The molecule has 1 aliphatic heterocycles. The second-order valence-electron chi connectivity index (χ2n) is 7.60. The van der Waals surface area contributed by atoms with Gasteiger partial charge in [0.05, 0.1) is 29.1 Å². The molecule has 26 heavy (non-hydrogen) atoms. The number of halogens is 1. The lowest BCUT2D eigenvalue weighted by molar-refractivity contribution is -0.118. The molecule has 5 nitrogen and oxygen atoms in total. The van der Waals surface area contributed by atoms with Crippen LogP contribution in [0, 0.1) is 16.7 Å². The first-order valence-electron chi connectivity index (χ1n) is 8.39. The zero-order valence-electron chi connectivity index (χ0n) is 15.2. The first kappa shape index (κ1) is 18.5. The maximum Gasteiger partial charge on any atom is 0.172 e. The fraction of sp³-hybridized carbons (Fsp3) is 0.400. The molecule has 1 atom stereocenters. The van der Waals surface area contributed by atoms with Crippen molar-refractivity contribution in [2.24, 2.45) is 5.41 Å². The van der Waals surface area contributed by atoms with Crippen LogP contribution in [0.2, 0.25) is 0 Å². The molecule has 1 aromatic rings. The van der Waals surface area contributed by atoms with Crippen LogP contribution in [-0.2, 0) is 4.79 Å². The number of carbonyl (C=O) groups excluding carboxylic acids is 1. The number of phenols is 1. The zero-order valence-corrected chi connectivity index (χ0v) is 16.8. The highest BCUT2D eigenvalue weighted by atomic mass is 79.9. The number of rotatable bonds is 2. The summed E-state index contributed by atoms with van der Waals surface area (Å²) in [5.41, 5.74) is 3.42. The number of benzene rings is 1. The molecule has 0 amide bonds. The van der Waals surface area contributed by atoms with Crippen LogP contribution in [0.15, 0.2) is 39.1 Å². The van der Waals surface area contributed by atoms with Gasteiger partial charge in [-0.05, 0) is 52.4 Å². The van der Waals surface area contributed by atoms with E-state index in [-0.39, 0.29) is 16.9 Å². The van der Waals surface area contributed by atoms with Crippen LogP contribution in [0.5, 0.6) is 11.5 Å². The third-order valence-corrected chi connectivity index (χ3v) is 5.57. The van der Waals surface area contributed by atoms with Gasteiger partial charge >= 0.3 is 0 Å². The lowest BCUT2D eigenvalue weighted by Gasteiger charge is -2.38. The van der Waals surface area contributed by atoms with Crippen molar-refractivity contribution in [1.82, 2.24) is 5.32 Å². The normalized spacial score (nSPS) is 21.8. The first-order chi connectivity index (χ1) is 12.2. The summed E-state index contributed by atoms with van der Waals surface area (Å²) < 4.78 is 5.72. The number of hydrogen-bond acceptors (Lipinski definition) is 5. The number of nitrogens with one attached hydrogen (secondary N) is 1. The molecule has 1 aliphatic carbocycles. The van der Waals surface area contributed by atoms with Gasteiger partial charge in [0.15, 0.2) is 17.3 Å². The summed E-state index contributed by atoms with van der Waals surface area (Å²) in [5.74, 6) is -0.119. The lowest BCUT2D eigenvalue weighted by atomic mass is 9.69. The Labute approximate surface area is 161 Å². The predicted octanol–water partition coefficient (Wildman–Crippen LogP) is 4.29. The van der Waals surface area contributed by atoms with Crippen LogP contribution in [-0.4, -0.2) is 18.0 Å². The molecule has 0 radical (unpaired) electrons. The number of ether oxygens (including phenoxy) is 1. The van der Waals surface area contributed by atoms with Gasteiger partial charge in [0.2, 0.25) is 0 Å². The second kappa shape index (κ2) is 6.48. The van der Waals surface area contributed by atoms with E-state index in [9.17, 15) is 15.2 Å². The van der Waals surface area contributed by atoms with Crippen molar-refractivity contribution in [3.05, 3.63) is 44.7 Å². The minimum atomic E-state index is -0.467. The van der Waals surface area contributed by atoms with Gasteiger partial charge in [-0.2, -0.15) is 5.26 Å². The molecule has 2 N–H and O–H groups in total. The highest BCUT2D eigenvalue weighted by Gasteiger charge is 2.41. The van der Waals surface area contributed by atoms with Gasteiger partial charge in [0, 0.05) is 23.4 Å². The first-order valence-corrected chi connectivity index (χ1v) is 9.18. The maximum absolute atomic E-state index is 13.0. The number of aromatic hydroxyl groups is 1. The number of nitrogens with zero attached hydrogens (tertiary/aromatic N) is 1. The molecular weight excluding hydrogens is 396 g/mol. The molecule has 2 aliphatic rings. The Morgan fingerprint density at radius 3 is 2.69 bits per heavy atom. The molecule has 0 aromatic heterocycles. The molecule has 0 bridgehead atoms. The summed E-state index contributed by atoms with van der Waals surface area (Å²) in [6.45, 7) is 6.00. The molecule has 0 fully saturated rings. The van der Waals surface area contributed by atoms with E-state index in [1.807, 2.05) is 6.92 Å². The van der Waals surface area contributed by atoms with Crippen molar-refractivity contribution in [2.75, 3.05) is 7.11 Å². The summed E-state index contributed by atoms with van der Waals surface area (Å²) in [4.78, 5) is 13.0. The van der Waals surface area contributed by atoms with E-state index in [1.54, 1.807) is 12.1 Å². The van der Waals surface area contributed by atoms with Crippen LogP contribution >= 0.6 is 15.9 Å². The van der Waals surface area contributed by atoms with Crippen LogP contribution in [0.4, 0.5) is 0 Å². The third kappa shape index (κ3) is 3.01. The minimum Gasteiger partial charge on any atom is -0.503 e. The number of dihydropyridines is 1. The van der Waals surface area contributed by atoms with Gasteiger partial charge in [-0.3, -0.25) is 4.79 Å². The van der Waals surface area contributed by atoms with E-state index in [1.165, 1.54) is 7.11 Å². The second-order valence-corrected chi connectivity index (χ2v) is 8.45. The van der Waals surface area contributed by atoms with Crippen LogP contribution in [0.25, 0.3) is 0 Å². The Morgan fingerprint density at radius 2 is 2.08 bits per heavy atom. The average Bonchev–Trinajstić information content (AvgIpc) is 2.54. The average molecular weight is 417 g/mol. The monoisotopic (exact) mass is 416 g/mol. The quantitative estimate of drug-likeness (QED) is 0.750. The number of methoxy groups -OCH3 is 1. The van der Waals surface area contributed by atoms with Gasteiger partial charge in [0.1, 0.15) is 0 Å². The van der Waals surface area contributed by atoms with E-state index in [0.29, 0.717) is 27.8 Å². The van der Waals surface area contributed by atoms with Gasteiger partial charge in [-0.15, -0.1) is 0 Å². The summed E-state index contributed by atoms with van der Waals surface area (Å²) in [5, 5.41) is 23.1. The van der Waals surface area contributed by atoms with Crippen molar-refractivity contribution in [3.8, 4) is 17.6 Å². The number of hydrogen-bond donors (Lipinski definition) is 2. The summed E-state index contributed by atoms with van der Waals surface area (Å²) in [7, 11) is 1.47. The largest absolute Gasteiger partial charge is 0.503 e. The third-order valence-electron chi connectivity index (χ3n) is 4.96.